The normalized spacial score (nSPS) is 25.4. The van der Waals surface area contributed by atoms with Crippen LogP contribution in [0.4, 0.5) is 0 Å². The highest BCUT2D eigenvalue weighted by Gasteiger charge is 2.32. The minimum Gasteiger partial charge on any atom is -0.393 e. The molecule has 6 heteroatoms. The van der Waals surface area contributed by atoms with Crippen LogP contribution >= 0.6 is 11.3 Å². The molecule has 0 aliphatic heterocycles. The Labute approximate surface area is 99.4 Å². The van der Waals surface area contributed by atoms with Crippen molar-refractivity contribution in [3.8, 4) is 0 Å². The van der Waals surface area contributed by atoms with Crippen LogP contribution in [0, 0.1) is 13.8 Å². The highest BCUT2D eigenvalue weighted by atomic mass is 32.2. The van der Waals surface area contributed by atoms with Crippen LogP contribution in [0.15, 0.2) is 11.0 Å². The summed E-state index contributed by atoms with van der Waals surface area (Å²) in [5, 5.41) is 9.11. The number of rotatable bonds is 3. The van der Waals surface area contributed by atoms with E-state index in [9.17, 15) is 8.42 Å². The maximum absolute atomic E-state index is 12.0. The number of aliphatic hydroxyl groups is 1. The fourth-order valence-electron chi connectivity index (χ4n) is 1.84. The van der Waals surface area contributed by atoms with E-state index in [1.165, 1.54) is 11.3 Å². The van der Waals surface area contributed by atoms with Gasteiger partial charge >= 0.3 is 0 Å². The summed E-state index contributed by atoms with van der Waals surface area (Å²) in [5.74, 6) is 0. The molecule has 0 saturated heterocycles. The standard InChI is InChI=1S/C10H15NO3S2/c1-6-3-10(7(2)15-6)16(13,14)11-8-4-9(12)5-8/h3,8-9,11-12H,4-5H2,1-2H3. The zero-order valence-corrected chi connectivity index (χ0v) is 10.9. The molecular weight excluding hydrogens is 246 g/mol. The first-order valence-electron chi connectivity index (χ1n) is 5.16. The summed E-state index contributed by atoms with van der Waals surface area (Å²) in [4.78, 5) is 2.17. The predicted molar refractivity (Wildman–Crippen MR) is 63.1 cm³/mol. The summed E-state index contributed by atoms with van der Waals surface area (Å²) >= 11 is 1.48. The third-order valence-corrected chi connectivity index (χ3v) is 5.46. The van der Waals surface area contributed by atoms with Crippen molar-refractivity contribution in [2.75, 3.05) is 0 Å². The average molecular weight is 261 g/mol. The Morgan fingerprint density at radius 3 is 2.50 bits per heavy atom. The Balaban J connectivity index is 2.16. The fraction of sp³-hybridized carbons (Fsp3) is 0.600. The molecule has 1 aromatic rings. The number of sulfonamides is 1. The summed E-state index contributed by atoms with van der Waals surface area (Å²) in [6, 6.07) is 1.58. The third-order valence-electron chi connectivity index (χ3n) is 2.72. The van der Waals surface area contributed by atoms with Crippen LogP contribution in [0.2, 0.25) is 0 Å². The van der Waals surface area contributed by atoms with E-state index in [1.807, 2.05) is 13.8 Å². The second-order valence-corrected chi connectivity index (χ2v) is 7.36. The molecule has 0 atom stereocenters. The Kier molecular flexibility index (Phi) is 3.09. The molecule has 0 amide bonds. The SMILES string of the molecule is Cc1cc(S(=O)(=O)NC2CC(O)C2)c(C)s1. The van der Waals surface area contributed by atoms with Crippen molar-refractivity contribution in [2.24, 2.45) is 0 Å². The summed E-state index contributed by atoms with van der Waals surface area (Å²) in [5.41, 5.74) is 0. The third kappa shape index (κ3) is 2.29. The van der Waals surface area contributed by atoms with Gasteiger partial charge in [-0.25, -0.2) is 13.1 Å². The first kappa shape index (κ1) is 12.0. The zero-order valence-electron chi connectivity index (χ0n) is 9.23. The molecule has 90 valence electrons. The van der Waals surface area contributed by atoms with E-state index in [0.29, 0.717) is 17.7 Å². The fourth-order valence-corrected chi connectivity index (χ4v) is 4.66. The molecule has 4 nitrogen and oxygen atoms in total. The lowest BCUT2D eigenvalue weighted by molar-refractivity contribution is 0.0712. The second kappa shape index (κ2) is 4.10. The molecule has 0 spiro atoms. The maximum Gasteiger partial charge on any atom is 0.241 e. The van der Waals surface area contributed by atoms with Crippen molar-refractivity contribution in [3.63, 3.8) is 0 Å². The van der Waals surface area contributed by atoms with Crippen molar-refractivity contribution in [3.05, 3.63) is 15.8 Å². The average Bonchev–Trinajstić information content (AvgIpc) is 2.43. The minimum absolute atomic E-state index is 0.111. The van der Waals surface area contributed by atoms with Crippen LogP contribution in [0.1, 0.15) is 22.6 Å². The van der Waals surface area contributed by atoms with Crippen molar-refractivity contribution in [1.82, 2.24) is 4.72 Å². The van der Waals surface area contributed by atoms with E-state index in [-0.39, 0.29) is 12.1 Å². The minimum atomic E-state index is -3.40. The molecule has 1 saturated carbocycles. The van der Waals surface area contributed by atoms with Gasteiger partial charge in [-0.15, -0.1) is 11.3 Å². The van der Waals surface area contributed by atoms with Crippen LogP contribution in [0.5, 0.6) is 0 Å². The van der Waals surface area contributed by atoms with Gasteiger partial charge in [0.05, 0.1) is 11.0 Å². The number of thiophene rings is 1. The molecule has 1 aliphatic carbocycles. The quantitative estimate of drug-likeness (QED) is 0.858. The summed E-state index contributed by atoms with van der Waals surface area (Å²) in [6.07, 6.45) is 0.681. The van der Waals surface area contributed by atoms with Crippen molar-refractivity contribution < 1.29 is 13.5 Å². The number of aryl methyl sites for hydroxylation is 2. The Hall–Kier alpha value is -0.430. The van der Waals surface area contributed by atoms with Gasteiger partial charge in [0.25, 0.3) is 0 Å². The van der Waals surface area contributed by atoms with E-state index in [2.05, 4.69) is 4.72 Å². The highest BCUT2D eigenvalue weighted by Crippen LogP contribution is 2.27. The lowest BCUT2D eigenvalue weighted by Gasteiger charge is -2.31. The van der Waals surface area contributed by atoms with Crippen molar-refractivity contribution in [1.29, 1.82) is 0 Å². The van der Waals surface area contributed by atoms with Gasteiger partial charge in [0, 0.05) is 15.8 Å². The molecular formula is C10H15NO3S2. The number of hydrogen-bond donors (Lipinski definition) is 2. The second-order valence-electron chi connectivity index (χ2n) is 4.22. The Bertz CT molecular complexity index is 486. The van der Waals surface area contributed by atoms with E-state index in [0.717, 1.165) is 9.75 Å². The van der Waals surface area contributed by atoms with E-state index in [1.54, 1.807) is 6.07 Å². The molecule has 1 heterocycles. The van der Waals surface area contributed by atoms with Gasteiger partial charge < -0.3 is 5.11 Å². The maximum atomic E-state index is 12.0. The predicted octanol–water partition coefficient (Wildman–Crippen LogP) is 1.17. The van der Waals surface area contributed by atoms with Crippen LogP contribution in [0.25, 0.3) is 0 Å². The van der Waals surface area contributed by atoms with Crippen molar-refractivity contribution in [2.45, 2.75) is 43.7 Å². The molecule has 2 N–H and O–H groups in total. The van der Waals surface area contributed by atoms with Gasteiger partial charge in [-0.2, -0.15) is 0 Å². The monoisotopic (exact) mass is 261 g/mol. The summed E-state index contributed by atoms with van der Waals surface area (Å²) in [6.45, 7) is 3.70. The van der Waals surface area contributed by atoms with Crippen LogP contribution in [-0.4, -0.2) is 25.7 Å². The topological polar surface area (TPSA) is 66.4 Å². The van der Waals surface area contributed by atoms with E-state index in [4.69, 9.17) is 5.11 Å². The lowest BCUT2D eigenvalue weighted by Crippen LogP contribution is -2.46. The molecule has 1 fully saturated rings. The van der Waals surface area contributed by atoms with Gasteiger partial charge in [-0.1, -0.05) is 0 Å². The molecule has 1 aliphatic rings. The van der Waals surface area contributed by atoms with Gasteiger partial charge in [0.1, 0.15) is 0 Å². The smallest absolute Gasteiger partial charge is 0.241 e. The molecule has 0 aromatic carbocycles. The Morgan fingerprint density at radius 1 is 1.44 bits per heavy atom. The number of hydrogen-bond acceptors (Lipinski definition) is 4. The highest BCUT2D eigenvalue weighted by molar-refractivity contribution is 7.89. The molecule has 2 rings (SSSR count). The summed E-state index contributed by atoms with van der Waals surface area (Å²) in [7, 11) is -3.40. The van der Waals surface area contributed by atoms with Gasteiger partial charge in [-0.05, 0) is 32.8 Å². The van der Waals surface area contributed by atoms with Gasteiger partial charge in [-0.3, -0.25) is 0 Å². The molecule has 0 bridgehead atoms. The first-order valence-corrected chi connectivity index (χ1v) is 7.46. The lowest BCUT2D eigenvalue weighted by atomic mass is 9.91. The first-order chi connectivity index (χ1) is 7.38. The van der Waals surface area contributed by atoms with Crippen LogP contribution in [-0.2, 0) is 10.0 Å². The van der Waals surface area contributed by atoms with Gasteiger partial charge in [0.15, 0.2) is 0 Å². The van der Waals surface area contributed by atoms with Crippen LogP contribution < -0.4 is 4.72 Å². The van der Waals surface area contributed by atoms with E-state index >= 15 is 0 Å². The van der Waals surface area contributed by atoms with E-state index < -0.39 is 10.0 Å². The molecule has 1 aromatic heterocycles. The molecule has 0 radical (unpaired) electrons. The van der Waals surface area contributed by atoms with Gasteiger partial charge in [0.2, 0.25) is 10.0 Å². The molecule has 16 heavy (non-hydrogen) atoms. The molecule has 0 unspecified atom stereocenters. The van der Waals surface area contributed by atoms with Crippen LogP contribution in [0.3, 0.4) is 0 Å². The Morgan fingerprint density at radius 2 is 2.06 bits per heavy atom. The summed E-state index contributed by atoms with van der Waals surface area (Å²) < 4.78 is 26.6. The largest absolute Gasteiger partial charge is 0.393 e. The zero-order chi connectivity index (χ0) is 11.9. The number of aliphatic hydroxyl groups excluding tert-OH is 1. The number of nitrogens with one attached hydrogen (secondary N) is 1. The van der Waals surface area contributed by atoms with Crippen molar-refractivity contribution >= 4 is 21.4 Å².